The van der Waals surface area contributed by atoms with Gasteiger partial charge in [-0.1, -0.05) is 0 Å². The molecule has 42 heavy (non-hydrogen) atoms. The summed E-state index contributed by atoms with van der Waals surface area (Å²) in [5.41, 5.74) is -0.788. The highest BCUT2D eigenvalue weighted by atomic mass is 16.7. The van der Waals surface area contributed by atoms with Crippen LogP contribution in [0.15, 0.2) is 33.5 Å². The number of aliphatic hydroxyl groups excluding tert-OH is 7. The van der Waals surface area contributed by atoms with E-state index in [9.17, 15) is 45.6 Å². The van der Waals surface area contributed by atoms with Crippen molar-refractivity contribution in [3.05, 3.63) is 40.4 Å². The van der Waals surface area contributed by atoms with Crippen molar-refractivity contribution in [1.82, 2.24) is 0 Å². The van der Waals surface area contributed by atoms with Crippen LogP contribution in [0, 0.1) is 6.92 Å². The van der Waals surface area contributed by atoms with Crippen molar-refractivity contribution in [1.29, 1.82) is 0 Å². The first-order valence-electron chi connectivity index (χ1n) is 13.0. The molecule has 8 N–H and O–H groups in total. The van der Waals surface area contributed by atoms with Gasteiger partial charge in [0.25, 0.3) is 0 Å². The first-order valence-corrected chi connectivity index (χ1v) is 13.0. The SMILES string of the molecule is COc1cc(O[C@H]2O[C@@H](CO[C@@H]3O[C@H](CO)[C@@H](O)[C@H](O)[C@H]3O)[C@@H](O)[C@H](O)[C@H]2O)c2c(O)c3c(=O)oc(C)cc3cc2c1. The summed E-state index contributed by atoms with van der Waals surface area (Å²) in [6.07, 6.45) is -16.2. The summed E-state index contributed by atoms with van der Waals surface area (Å²) in [7, 11) is 1.39. The monoisotopic (exact) mass is 596 g/mol. The van der Waals surface area contributed by atoms with Gasteiger partial charge >= 0.3 is 5.63 Å². The number of ether oxygens (including phenoxy) is 5. The molecule has 2 aliphatic rings. The molecule has 3 heterocycles. The largest absolute Gasteiger partial charge is 0.506 e. The van der Waals surface area contributed by atoms with Crippen molar-refractivity contribution in [2.45, 2.75) is 68.3 Å². The Kier molecular flexibility index (Phi) is 8.60. The maximum Gasteiger partial charge on any atom is 0.347 e. The summed E-state index contributed by atoms with van der Waals surface area (Å²) in [4.78, 5) is 12.6. The highest BCUT2D eigenvalue weighted by molar-refractivity contribution is 6.07. The Balaban J connectivity index is 1.44. The van der Waals surface area contributed by atoms with Gasteiger partial charge < -0.3 is 69.0 Å². The van der Waals surface area contributed by atoms with E-state index in [2.05, 4.69) is 0 Å². The Hall–Kier alpha value is -3.09. The summed E-state index contributed by atoms with van der Waals surface area (Å²) in [5.74, 6) is 0.0328. The third kappa shape index (κ3) is 5.40. The molecule has 0 bridgehead atoms. The fraction of sp³-hybridized carbons (Fsp3) is 0.519. The summed E-state index contributed by atoms with van der Waals surface area (Å²) in [6, 6.07) is 6.12. The number of methoxy groups -OCH3 is 1. The van der Waals surface area contributed by atoms with Crippen LogP contribution in [-0.4, -0.2) is 123 Å². The van der Waals surface area contributed by atoms with Gasteiger partial charge in [-0.15, -0.1) is 0 Å². The molecule has 0 unspecified atom stereocenters. The van der Waals surface area contributed by atoms with E-state index >= 15 is 0 Å². The second kappa shape index (κ2) is 11.9. The van der Waals surface area contributed by atoms with Crippen LogP contribution in [0.5, 0.6) is 17.2 Å². The van der Waals surface area contributed by atoms with Gasteiger partial charge in [0, 0.05) is 6.07 Å². The molecule has 0 aliphatic carbocycles. The fourth-order valence-corrected chi connectivity index (χ4v) is 5.14. The molecule has 5 rings (SSSR count). The van der Waals surface area contributed by atoms with E-state index in [4.69, 9.17) is 28.1 Å². The predicted octanol–water partition coefficient (Wildman–Crippen LogP) is -2.03. The Labute approximate surface area is 237 Å². The van der Waals surface area contributed by atoms with Gasteiger partial charge in [-0.3, -0.25) is 0 Å². The minimum Gasteiger partial charge on any atom is -0.506 e. The van der Waals surface area contributed by atoms with E-state index in [0.29, 0.717) is 16.5 Å². The van der Waals surface area contributed by atoms with Crippen molar-refractivity contribution in [2.24, 2.45) is 0 Å². The summed E-state index contributed by atoms with van der Waals surface area (Å²) in [5, 5.41) is 83.1. The number of phenolic OH excluding ortho intramolecular Hbond substituents is 1. The summed E-state index contributed by atoms with van der Waals surface area (Å²) in [6.45, 7) is 0.330. The molecule has 3 aromatic rings. The van der Waals surface area contributed by atoms with Gasteiger partial charge in [-0.2, -0.15) is 0 Å². The van der Waals surface area contributed by atoms with Gasteiger partial charge in [-0.25, -0.2) is 4.79 Å². The molecule has 0 spiro atoms. The first kappa shape index (κ1) is 30.4. The van der Waals surface area contributed by atoms with E-state index in [1.54, 1.807) is 25.1 Å². The number of hydrogen-bond donors (Lipinski definition) is 8. The van der Waals surface area contributed by atoms with Gasteiger partial charge in [0.2, 0.25) is 6.29 Å². The van der Waals surface area contributed by atoms with E-state index in [0.717, 1.165) is 0 Å². The molecule has 2 fully saturated rings. The standard InChI is InChI=1S/C27H32O15/c1-9-3-10-4-11-5-12(37-2)6-13(16(11)20(31)17(10)25(36)39-9)40-27-24(35)22(33)19(30)15(42-27)8-38-26-23(34)21(32)18(29)14(7-28)41-26/h3-6,14-15,18-19,21-24,26-35H,7-8H2,1-2H3/t14-,15+,18-,19-,21+,22+,23-,24-,26-,27+/m1/s1. The molecular weight excluding hydrogens is 564 g/mol. The van der Waals surface area contributed by atoms with Crippen LogP contribution < -0.4 is 15.1 Å². The number of fused-ring (bicyclic) bond motifs is 2. The van der Waals surface area contributed by atoms with Crippen molar-refractivity contribution in [3.8, 4) is 17.2 Å². The number of benzene rings is 2. The maximum absolute atomic E-state index is 12.6. The lowest BCUT2D eigenvalue weighted by Crippen LogP contribution is -2.62. The number of phenols is 1. The zero-order valence-electron chi connectivity index (χ0n) is 22.4. The molecule has 1 aromatic heterocycles. The van der Waals surface area contributed by atoms with Crippen molar-refractivity contribution in [2.75, 3.05) is 20.3 Å². The van der Waals surface area contributed by atoms with Crippen LogP contribution in [0.3, 0.4) is 0 Å². The van der Waals surface area contributed by atoms with E-state index in [1.807, 2.05) is 0 Å². The molecule has 10 atom stereocenters. The molecule has 0 amide bonds. The van der Waals surface area contributed by atoms with Crippen LogP contribution in [0.25, 0.3) is 21.5 Å². The second-order valence-electron chi connectivity index (χ2n) is 10.2. The van der Waals surface area contributed by atoms with E-state index < -0.39 is 86.0 Å². The first-order chi connectivity index (χ1) is 19.9. The average Bonchev–Trinajstić information content (AvgIpc) is 2.95. The van der Waals surface area contributed by atoms with Crippen molar-refractivity contribution >= 4 is 21.5 Å². The molecule has 15 nitrogen and oxygen atoms in total. The lowest BCUT2D eigenvalue weighted by Gasteiger charge is -2.42. The lowest BCUT2D eigenvalue weighted by atomic mass is 9.98. The van der Waals surface area contributed by atoms with Crippen LogP contribution in [-0.2, 0) is 14.2 Å². The van der Waals surface area contributed by atoms with Crippen LogP contribution in [0.2, 0.25) is 0 Å². The van der Waals surface area contributed by atoms with Gasteiger partial charge in [0.15, 0.2) is 6.29 Å². The normalized spacial score (nSPS) is 33.6. The van der Waals surface area contributed by atoms with Crippen molar-refractivity contribution < 1.29 is 69.0 Å². The quantitative estimate of drug-likeness (QED) is 0.137. The summed E-state index contributed by atoms with van der Waals surface area (Å²) < 4.78 is 32.8. The average molecular weight is 597 g/mol. The zero-order chi connectivity index (χ0) is 30.5. The number of aromatic hydroxyl groups is 1. The Morgan fingerprint density at radius 3 is 2.07 bits per heavy atom. The maximum atomic E-state index is 12.6. The second-order valence-corrected chi connectivity index (χ2v) is 10.2. The third-order valence-electron chi connectivity index (χ3n) is 7.42. The molecule has 15 heteroatoms. The molecular formula is C27H32O15. The van der Waals surface area contributed by atoms with E-state index in [-0.39, 0.29) is 22.3 Å². The molecule has 2 saturated heterocycles. The highest BCUT2D eigenvalue weighted by Gasteiger charge is 2.48. The Bertz CT molecular complexity index is 1490. The summed E-state index contributed by atoms with van der Waals surface area (Å²) >= 11 is 0. The minimum atomic E-state index is -1.81. The van der Waals surface area contributed by atoms with Gasteiger partial charge in [0.1, 0.15) is 77.2 Å². The van der Waals surface area contributed by atoms with Crippen molar-refractivity contribution in [3.63, 3.8) is 0 Å². The van der Waals surface area contributed by atoms with Crippen LogP contribution in [0.4, 0.5) is 0 Å². The molecule has 2 aliphatic heterocycles. The Morgan fingerprint density at radius 1 is 0.786 bits per heavy atom. The highest BCUT2D eigenvalue weighted by Crippen LogP contribution is 2.42. The van der Waals surface area contributed by atoms with E-state index in [1.165, 1.54) is 13.2 Å². The smallest absolute Gasteiger partial charge is 0.347 e. The van der Waals surface area contributed by atoms with Crippen LogP contribution >= 0.6 is 0 Å². The topological polar surface area (TPSA) is 238 Å². The fourth-order valence-electron chi connectivity index (χ4n) is 5.14. The molecule has 0 saturated carbocycles. The van der Waals surface area contributed by atoms with Gasteiger partial charge in [-0.05, 0) is 35.9 Å². The predicted molar refractivity (Wildman–Crippen MR) is 140 cm³/mol. The number of hydrogen-bond acceptors (Lipinski definition) is 15. The number of rotatable bonds is 7. The molecule has 0 radical (unpaired) electrons. The minimum absolute atomic E-state index is 0.0463. The molecule has 2 aromatic carbocycles. The van der Waals surface area contributed by atoms with Crippen LogP contribution in [0.1, 0.15) is 5.76 Å². The number of aliphatic hydroxyl groups is 7. The number of aryl methyl sites for hydroxylation is 1. The third-order valence-corrected chi connectivity index (χ3v) is 7.42. The lowest BCUT2D eigenvalue weighted by molar-refractivity contribution is -0.323. The van der Waals surface area contributed by atoms with Gasteiger partial charge in [0.05, 0.1) is 25.7 Å². The Morgan fingerprint density at radius 2 is 1.40 bits per heavy atom. The molecule has 230 valence electrons. The zero-order valence-corrected chi connectivity index (χ0v) is 22.4.